The minimum absolute atomic E-state index is 0.0429. The second-order valence-electron chi connectivity index (χ2n) is 7.58. The number of amidine groups is 1. The number of rotatable bonds is 4. The average Bonchev–Trinajstić information content (AvgIpc) is 2.97. The van der Waals surface area contributed by atoms with E-state index in [1.807, 2.05) is 42.3 Å². The van der Waals surface area contributed by atoms with Crippen molar-refractivity contribution in [3.05, 3.63) is 66.5 Å². The summed E-state index contributed by atoms with van der Waals surface area (Å²) in [7, 11) is -2.02. The fourth-order valence-electron chi connectivity index (χ4n) is 3.66. The summed E-state index contributed by atoms with van der Waals surface area (Å²) in [6.45, 7) is 0.794. The van der Waals surface area contributed by atoms with Crippen molar-refractivity contribution >= 4 is 38.2 Å². The Morgan fingerprint density at radius 3 is 2.77 bits per heavy atom. The van der Waals surface area contributed by atoms with Crippen LogP contribution >= 0.6 is 0 Å². The van der Waals surface area contributed by atoms with Gasteiger partial charge in [0, 0.05) is 37.3 Å². The molecule has 0 unspecified atom stereocenters. The van der Waals surface area contributed by atoms with Gasteiger partial charge in [0.2, 0.25) is 0 Å². The second kappa shape index (κ2) is 8.85. The Balaban J connectivity index is 1.60. The number of likely N-dealkylation sites (tertiary alicyclic amines) is 1. The second-order valence-corrected chi connectivity index (χ2v) is 9.18. The number of nitrogens with one attached hydrogen (secondary N) is 1. The quantitative estimate of drug-likeness (QED) is 0.665. The highest BCUT2D eigenvalue weighted by molar-refractivity contribution is 7.90. The van der Waals surface area contributed by atoms with Crippen LogP contribution in [-0.4, -0.2) is 43.6 Å². The molecule has 1 aliphatic heterocycles. The molecule has 1 saturated heterocycles. The van der Waals surface area contributed by atoms with Crippen LogP contribution in [0.4, 0.5) is 5.69 Å². The normalized spacial score (nSPS) is 16.3. The third-order valence-electron chi connectivity index (χ3n) is 5.34. The van der Waals surface area contributed by atoms with Gasteiger partial charge in [-0.15, -0.1) is 4.40 Å². The van der Waals surface area contributed by atoms with Crippen LogP contribution in [-0.2, 0) is 10.0 Å². The summed E-state index contributed by atoms with van der Waals surface area (Å²) in [5.41, 5.74) is 0.655. The number of sulfonamides is 1. The van der Waals surface area contributed by atoms with Crippen molar-refractivity contribution in [1.82, 2.24) is 9.88 Å². The van der Waals surface area contributed by atoms with Crippen LogP contribution in [0, 0.1) is 0 Å². The minimum atomic E-state index is -3.89. The minimum Gasteiger partial charge on any atom is -0.362 e. The SMILES string of the molecule is CN1CCCCC/C1=N/S(=O)(=O)c1cccc(NC(=O)c2nccc3ccccc23)c1. The van der Waals surface area contributed by atoms with E-state index in [0.29, 0.717) is 17.9 Å². The Bertz CT molecular complexity index is 1250. The fourth-order valence-corrected chi connectivity index (χ4v) is 4.80. The lowest BCUT2D eigenvalue weighted by molar-refractivity contribution is 0.102. The average molecular weight is 437 g/mol. The van der Waals surface area contributed by atoms with Gasteiger partial charge in [-0.3, -0.25) is 9.78 Å². The van der Waals surface area contributed by atoms with Crippen LogP contribution < -0.4 is 5.32 Å². The molecular weight excluding hydrogens is 412 g/mol. The molecule has 0 atom stereocenters. The fraction of sp³-hybridized carbons (Fsp3) is 0.261. The number of carbonyl (C=O) groups excluding carboxylic acids is 1. The summed E-state index contributed by atoms with van der Waals surface area (Å²) >= 11 is 0. The summed E-state index contributed by atoms with van der Waals surface area (Å²) in [4.78, 5) is 19.0. The third-order valence-corrected chi connectivity index (χ3v) is 6.64. The van der Waals surface area contributed by atoms with Crippen LogP contribution in [0.5, 0.6) is 0 Å². The first kappa shape index (κ1) is 21.0. The number of amides is 1. The number of hydrogen-bond acceptors (Lipinski definition) is 4. The number of carbonyl (C=O) groups is 1. The lowest BCUT2D eigenvalue weighted by Gasteiger charge is -2.17. The molecule has 4 rings (SSSR count). The summed E-state index contributed by atoms with van der Waals surface area (Å²) in [5, 5.41) is 4.40. The molecule has 0 bridgehead atoms. The predicted octanol–water partition coefficient (Wildman–Crippen LogP) is 4.08. The van der Waals surface area contributed by atoms with Crippen LogP contribution in [0.2, 0.25) is 0 Å². The number of aromatic nitrogens is 1. The highest BCUT2D eigenvalue weighted by Gasteiger charge is 2.19. The van der Waals surface area contributed by atoms with Gasteiger partial charge in [0.25, 0.3) is 15.9 Å². The Labute approximate surface area is 181 Å². The van der Waals surface area contributed by atoms with Gasteiger partial charge < -0.3 is 10.2 Å². The first-order valence-corrected chi connectivity index (χ1v) is 11.7. The lowest BCUT2D eigenvalue weighted by atomic mass is 10.1. The maximum atomic E-state index is 12.9. The Morgan fingerprint density at radius 1 is 1.06 bits per heavy atom. The molecule has 1 amide bonds. The molecule has 1 fully saturated rings. The number of benzene rings is 2. The van der Waals surface area contributed by atoms with Crippen molar-refractivity contribution in [3.8, 4) is 0 Å². The van der Waals surface area contributed by atoms with Gasteiger partial charge in [-0.05, 0) is 42.5 Å². The largest absolute Gasteiger partial charge is 0.362 e. The molecule has 1 aromatic heterocycles. The lowest BCUT2D eigenvalue weighted by Crippen LogP contribution is -2.26. The van der Waals surface area contributed by atoms with E-state index in [-0.39, 0.29) is 10.6 Å². The van der Waals surface area contributed by atoms with Crippen LogP contribution in [0.25, 0.3) is 10.8 Å². The van der Waals surface area contributed by atoms with E-state index in [0.717, 1.165) is 36.6 Å². The summed E-state index contributed by atoms with van der Waals surface area (Å²) in [6.07, 6.45) is 5.23. The molecule has 31 heavy (non-hydrogen) atoms. The van der Waals surface area contributed by atoms with Crippen molar-refractivity contribution < 1.29 is 13.2 Å². The highest BCUT2D eigenvalue weighted by Crippen LogP contribution is 2.22. The molecule has 8 heteroatoms. The molecule has 1 N–H and O–H groups in total. The van der Waals surface area contributed by atoms with Crippen LogP contribution in [0.15, 0.2) is 70.1 Å². The summed E-state index contributed by atoms with van der Waals surface area (Å²) in [5.74, 6) is 0.174. The molecule has 2 aromatic carbocycles. The Morgan fingerprint density at radius 2 is 1.90 bits per heavy atom. The molecule has 2 heterocycles. The number of hydrogen-bond donors (Lipinski definition) is 1. The molecule has 0 aliphatic carbocycles. The van der Waals surface area contributed by atoms with Gasteiger partial charge in [-0.2, -0.15) is 8.42 Å². The van der Waals surface area contributed by atoms with Crippen molar-refractivity contribution in [3.63, 3.8) is 0 Å². The molecule has 160 valence electrons. The maximum absolute atomic E-state index is 12.9. The zero-order valence-electron chi connectivity index (χ0n) is 17.3. The van der Waals surface area contributed by atoms with Gasteiger partial charge in [0.05, 0.1) is 4.90 Å². The number of anilines is 1. The molecule has 0 spiro atoms. The van der Waals surface area contributed by atoms with Crippen molar-refractivity contribution in [2.24, 2.45) is 4.40 Å². The predicted molar refractivity (Wildman–Crippen MR) is 122 cm³/mol. The van der Waals surface area contributed by atoms with Crippen molar-refractivity contribution in [2.75, 3.05) is 18.9 Å². The van der Waals surface area contributed by atoms with Gasteiger partial charge >= 0.3 is 0 Å². The number of pyridine rings is 1. The Hall–Kier alpha value is -3.26. The first-order valence-electron chi connectivity index (χ1n) is 10.2. The van der Waals surface area contributed by atoms with Gasteiger partial charge in [0.15, 0.2) is 0 Å². The van der Waals surface area contributed by atoms with E-state index in [1.165, 1.54) is 12.1 Å². The summed E-state index contributed by atoms with van der Waals surface area (Å²) in [6, 6.07) is 15.5. The van der Waals surface area contributed by atoms with Crippen LogP contribution in [0.1, 0.15) is 36.2 Å². The highest BCUT2D eigenvalue weighted by atomic mass is 32.2. The maximum Gasteiger partial charge on any atom is 0.284 e. The standard InChI is InChI=1S/C23H24N4O3S/c1-27-15-6-2-3-12-21(27)26-31(29,30)19-10-7-9-18(16-19)25-23(28)22-20-11-5-4-8-17(20)13-14-24-22/h4-5,7-11,13-14,16H,2-3,6,12,15H2,1H3,(H,25,28)/b26-21-. The zero-order valence-corrected chi connectivity index (χ0v) is 18.1. The molecule has 1 aliphatic rings. The summed E-state index contributed by atoms with van der Waals surface area (Å²) < 4.78 is 29.9. The number of nitrogens with zero attached hydrogens (tertiary/aromatic N) is 3. The monoisotopic (exact) mass is 436 g/mol. The topological polar surface area (TPSA) is 91.7 Å². The number of fused-ring (bicyclic) bond motifs is 1. The van der Waals surface area contributed by atoms with Crippen molar-refractivity contribution in [1.29, 1.82) is 0 Å². The molecule has 3 aromatic rings. The molecule has 7 nitrogen and oxygen atoms in total. The van der Waals surface area contributed by atoms with E-state index in [9.17, 15) is 13.2 Å². The molecular formula is C23H24N4O3S. The van der Waals surface area contributed by atoms with E-state index >= 15 is 0 Å². The van der Waals surface area contributed by atoms with E-state index < -0.39 is 15.9 Å². The van der Waals surface area contributed by atoms with Crippen LogP contribution in [0.3, 0.4) is 0 Å². The first-order chi connectivity index (χ1) is 14.9. The molecule has 0 radical (unpaired) electrons. The van der Waals surface area contributed by atoms with Gasteiger partial charge in [0.1, 0.15) is 11.5 Å². The zero-order chi connectivity index (χ0) is 21.8. The van der Waals surface area contributed by atoms with E-state index in [4.69, 9.17) is 0 Å². The smallest absolute Gasteiger partial charge is 0.284 e. The molecule has 0 saturated carbocycles. The Kier molecular flexibility index (Phi) is 5.99. The third kappa shape index (κ3) is 4.74. The van der Waals surface area contributed by atoms with Gasteiger partial charge in [-0.25, -0.2) is 0 Å². The van der Waals surface area contributed by atoms with Crippen molar-refractivity contribution in [2.45, 2.75) is 30.6 Å². The van der Waals surface area contributed by atoms with Gasteiger partial charge in [-0.1, -0.05) is 36.8 Å². The van der Waals surface area contributed by atoms with E-state index in [1.54, 1.807) is 18.3 Å². The van der Waals surface area contributed by atoms with E-state index in [2.05, 4.69) is 14.7 Å².